The van der Waals surface area contributed by atoms with Crippen LogP contribution in [0.15, 0.2) is 23.1 Å². The van der Waals surface area contributed by atoms with Crippen LogP contribution in [0, 0.1) is 5.82 Å². The molecule has 106 valence electrons. The minimum absolute atomic E-state index is 0.0822. The number of nitrogens with zero attached hydrogens (tertiary/aromatic N) is 2. The molecule has 1 aliphatic rings. The molecule has 1 saturated heterocycles. The van der Waals surface area contributed by atoms with Gasteiger partial charge in [0.2, 0.25) is 0 Å². The number of sulfonamides is 1. The molecule has 0 spiro atoms. The van der Waals surface area contributed by atoms with Gasteiger partial charge < -0.3 is 10.6 Å². The molecule has 1 fully saturated rings. The molecule has 1 heterocycles. The second-order valence-electron chi connectivity index (χ2n) is 4.61. The Morgan fingerprint density at radius 2 is 1.84 bits per heavy atom. The summed E-state index contributed by atoms with van der Waals surface area (Å²) in [7, 11) is -1.81. The lowest BCUT2D eigenvalue weighted by Gasteiger charge is -2.32. The van der Waals surface area contributed by atoms with Gasteiger partial charge in [-0.25, -0.2) is 17.8 Å². The lowest BCUT2D eigenvalue weighted by Crippen LogP contribution is -2.52. The van der Waals surface area contributed by atoms with E-state index < -0.39 is 15.8 Å². The number of hydrogen-bond donors (Lipinski definition) is 2. The molecule has 0 amide bonds. The van der Waals surface area contributed by atoms with E-state index in [0.717, 1.165) is 25.2 Å². The summed E-state index contributed by atoms with van der Waals surface area (Å²) >= 11 is 0. The van der Waals surface area contributed by atoms with Gasteiger partial charge in [-0.2, -0.15) is 0 Å². The largest absolute Gasteiger partial charge is 0.399 e. The number of likely N-dealkylation sites (N-methyl/N-ethyl adjacent to an activating group) is 1. The molecule has 0 atom stereocenters. The van der Waals surface area contributed by atoms with Crippen LogP contribution in [0.5, 0.6) is 0 Å². The molecule has 1 aromatic carbocycles. The van der Waals surface area contributed by atoms with Crippen LogP contribution in [0.4, 0.5) is 10.1 Å². The fourth-order valence-corrected chi connectivity index (χ4v) is 3.05. The standard InChI is InChI=1S/C11H17FN4O2S/c1-15-2-4-16(5-3-15)14-19(17,18)11-7-9(12)6-10(13)8-11/h6-8,14H,2-5,13H2,1H3. The highest BCUT2D eigenvalue weighted by Crippen LogP contribution is 2.16. The number of halogens is 1. The second kappa shape index (κ2) is 5.41. The summed E-state index contributed by atoms with van der Waals surface area (Å²) in [6, 6.07) is 3.27. The first-order valence-electron chi connectivity index (χ1n) is 5.89. The monoisotopic (exact) mass is 288 g/mol. The first-order valence-corrected chi connectivity index (χ1v) is 7.37. The van der Waals surface area contributed by atoms with Crippen LogP contribution in [-0.4, -0.2) is 51.6 Å². The summed E-state index contributed by atoms with van der Waals surface area (Å²) in [4.78, 5) is 4.38. The van der Waals surface area contributed by atoms with Crippen molar-refractivity contribution < 1.29 is 12.8 Å². The highest BCUT2D eigenvalue weighted by Gasteiger charge is 2.22. The summed E-state index contributed by atoms with van der Waals surface area (Å²) in [6.07, 6.45) is 0. The molecule has 6 nitrogen and oxygen atoms in total. The summed E-state index contributed by atoms with van der Waals surface area (Å²) in [5.74, 6) is -0.668. The molecule has 0 unspecified atom stereocenters. The van der Waals surface area contributed by atoms with Gasteiger partial charge in [-0.3, -0.25) is 0 Å². The lowest BCUT2D eigenvalue weighted by atomic mass is 10.3. The molecule has 0 aromatic heterocycles. The van der Waals surface area contributed by atoms with Crippen molar-refractivity contribution in [3.63, 3.8) is 0 Å². The number of anilines is 1. The maximum absolute atomic E-state index is 13.2. The Balaban J connectivity index is 2.14. The Kier molecular flexibility index (Phi) is 4.04. The number of nitrogens with one attached hydrogen (secondary N) is 1. The molecule has 0 aliphatic carbocycles. The van der Waals surface area contributed by atoms with Crippen LogP contribution in [0.25, 0.3) is 0 Å². The average Bonchev–Trinajstić information content (AvgIpc) is 2.31. The van der Waals surface area contributed by atoms with Gasteiger partial charge >= 0.3 is 0 Å². The van der Waals surface area contributed by atoms with Crippen molar-refractivity contribution in [2.75, 3.05) is 39.0 Å². The number of benzene rings is 1. The average molecular weight is 288 g/mol. The molecular formula is C11H17FN4O2S. The van der Waals surface area contributed by atoms with Crippen LogP contribution in [0.2, 0.25) is 0 Å². The highest BCUT2D eigenvalue weighted by molar-refractivity contribution is 7.89. The molecule has 1 aromatic rings. The maximum Gasteiger partial charge on any atom is 0.253 e. The Morgan fingerprint density at radius 1 is 1.21 bits per heavy atom. The van der Waals surface area contributed by atoms with Crippen molar-refractivity contribution >= 4 is 15.7 Å². The topological polar surface area (TPSA) is 78.7 Å². The van der Waals surface area contributed by atoms with Gasteiger partial charge in [0.15, 0.2) is 0 Å². The smallest absolute Gasteiger partial charge is 0.253 e. The lowest BCUT2D eigenvalue weighted by molar-refractivity contribution is 0.135. The Labute approximate surface area is 112 Å². The van der Waals surface area contributed by atoms with Crippen molar-refractivity contribution in [3.8, 4) is 0 Å². The van der Waals surface area contributed by atoms with Crippen LogP contribution in [0.3, 0.4) is 0 Å². The second-order valence-corrected chi connectivity index (χ2v) is 6.27. The van der Waals surface area contributed by atoms with E-state index in [4.69, 9.17) is 5.73 Å². The fraction of sp³-hybridized carbons (Fsp3) is 0.455. The van der Waals surface area contributed by atoms with E-state index in [0.29, 0.717) is 13.1 Å². The van der Waals surface area contributed by atoms with Gasteiger partial charge in [0.25, 0.3) is 10.0 Å². The summed E-state index contributed by atoms with van der Waals surface area (Å²) in [5.41, 5.74) is 5.54. The van der Waals surface area contributed by atoms with Gasteiger partial charge in [-0.05, 0) is 25.2 Å². The SMILES string of the molecule is CN1CCN(NS(=O)(=O)c2cc(N)cc(F)c2)CC1. The zero-order valence-corrected chi connectivity index (χ0v) is 11.5. The van der Waals surface area contributed by atoms with E-state index in [1.807, 2.05) is 7.05 Å². The van der Waals surface area contributed by atoms with E-state index in [1.54, 1.807) is 5.01 Å². The Morgan fingerprint density at radius 3 is 2.42 bits per heavy atom. The summed E-state index contributed by atoms with van der Waals surface area (Å²) in [5, 5.41) is 1.61. The molecule has 0 saturated carbocycles. The number of hydrogen-bond acceptors (Lipinski definition) is 5. The van der Waals surface area contributed by atoms with Crippen LogP contribution < -0.4 is 10.6 Å². The third-order valence-electron chi connectivity index (χ3n) is 2.96. The predicted octanol–water partition coefficient (Wildman–Crippen LogP) is -0.151. The van der Waals surface area contributed by atoms with Crippen molar-refractivity contribution in [1.82, 2.24) is 14.7 Å². The van der Waals surface area contributed by atoms with E-state index in [9.17, 15) is 12.8 Å². The predicted molar refractivity (Wildman–Crippen MR) is 70.2 cm³/mol. The quantitative estimate of drug-likeness (QED) is 0.756. The fourth-order valence-electron chi connectivity index (χ4n) is 1.86. The van der Waals surface area contributed by atoms with E-state index in [2.05, 4.69) is 9.73 Å². The molecule has 8 heteroatoms. The number of nitrogen functional groups attached to an aromatic ring is 1. The first kappa shape index (κ1) is 14.2. The third kappa shape index (κ3) is 3.63. The van der Waals surface area contributed by atoms with Gasteiger partial charge in [-0.1, -0.05) is 0 Å². The van der Waals surface area contributed by atoms with Gasteiger partial charge in [-0.15, -0.1) is 4.83 Å². The third-order valence-corrected chi connectivity index (χ3v) is 4.31. The van der Waals surface area contributed by atoms with Gasteiger partial charge in [0.1, 0.15) is 5.82 Å². The number of piperazine rings is 1. The van der Waals surface area contributed by atoms with Crippen molar-refractivity contribution in [2.24, 2.45) is 0 Å². The van der Waals surface area contributed by atoms with Crippen LogP contribution >= 0.6 is 0 Å². The molecule has 1 aliphatic heterocycles. The summed E-state index contributed by atoms with van der Waals surface area (Å²) < 4.78 is 37.4. The van der Waals surface area contributed by atoms with Gasteiger partial charge in [0.05, 0.1) is 4.90 Å². The van der Waals surface area contributed by atoms with Crippen molar-refractivity contribution in [2.45, 2.75) is 4.90 Å². The molecule has 19 heavy (non-hydrogen) atoms. The Hall–Kier alpha value is -1.22. The molecule has 3 N–H and O–H groups in total. The summed E-state index contributed by atoms with van der Waals surface area (Å²) in [6.45, 7) is 2.71. The highest BCUT2D eigenvalue weighted by atomic mass is 32.2. The molecule has 2 rings (SSSR count). The molecule has 0 radical (unpaired) electrons. The first-order chi connectivity index (χ1) is 8.87. The normalized spacial score (nSPS) is 18.6. The van der Waals surface area contributed by atoms with Crippen LogP contribution in [-0.2, 0) is 10.0 Å². The Bertz CT molecular complexity index is 536. The maximum atomic E-state index is 13.2. The number of hydrazine groups is 1. The molecule has 0 bridgehead atoms. The van der Waals surface area contributed by atoms with Gasteiger partial charge in [0, 0.05) is 31.9 Å². The minimum atomic E-state index is -3.78. The number of nitrogens with two attached hydrogens (primary N) is 1. The van der Waals surface area contributed by atoms with E-state index >= 15 is 0 Å². The zero-order valence-electron chi connectivity index (χ0n) is 10.6. The molecular weight excluding hydrogens is 271 g/mol. The zero-order chi connectivity index (χ0) is 14.0. The van der Waals surface area contributed by atoms with Crippen molar-refractivity contribution in [1.29, 1.82) is 0 Å². The van der Waals surface area contributed by atoms with E-state index in [-0.39, 0.29) is 10.6 Å². The van der Waals surface area contributed by atoms with E-state index in [1.165, 1.54) is 6.07 Å². The minimum Gasteiger partial charge on any atom is -0.399 e. The van der Waals surface area contributed by atoms with Crippen molar-refractivity contribution in [3.05, 3.63) is 24.0 Å². The van der Waals surface area contributed by atoms with Crippen LogP contribution in [0.1, 0.15) is 0 Å². The number of rotatable bonds is 3.